The van der Waals surface area contributed by atoms with Crippen molar-refractivity contribution >= 4 is 71.8 Å². The Morgan fingerprint density at radius 1 is 0.854 bits per heavy atom. The first-order valence-electron chi connectivity index (χ1n) is 12.6. The van der Waals surface area contributed by atoms with E-state index in [1.165, 1.54) is 13.1 Å². The molecule has 1 atom stereocenters. The lowest BCUT2D eigenvalue weighted by molar-refractivity contribution is -0.138. The molecular formula is C30H30ClN3O6S. The number of benzene rings is 4. The van der Waals surface area contributed by atoms with Crippen LogP contribution in [-0.4, -0.2) is 67.5 Å². The van der Waals surface area contributed by atoms with Gasteiger partial charge in [0.2, 0.25) is 10.0 Å². The summed E-state index contributed by atoms with van der Waals surface area (Å²) >= 11 is 6.01. The highest BCUT2D eigenvalue weighted by Gasteiger charge is 2.25. The summed E-state index contributed by atoms with van der Waals surface area (Å²) in [7, 11) is 1.16. The lowest BCUT2D eigenvalue weighted by Crippen LogP contribution is -2.32. The number of nitrogens with one attached hydrogen (secondary N) is 1. The number of fused-ring (bicyclic) bond motifs is 4. The van der Waals surface area contributed by atoms with Gasteiger partial charge in [0.15, 0.2) is 0 Å². The van der Waals surface area contributed by atoms with E-state index in [2.05, 4.69) is 4.98 Å². The molecular weight excluding hydrogens is 566 g/mol. The number of carboxylic acid groups (broad SMARTS) is 2. The molecule has 0 bridgehead atoms. The maximum atomic E-state index is 12.6. The molecule has 0 amide bonds. The molecule has 1 heterocycles. The molecule has 4 aromatic carbocycles. The number of rotatable bonds is 7. The number of sulfonamides is 1. The zero-order valence-electron chi connectivity index (χ0n) is 22.9. The summed E-state index contributed by atoms with van der Waals surface area (Å²) in [5.74, 6) is -2.53. The smallest absolute Gasteiger partial charge is 0.318 e. The molecule has 5 aromatic rings. The van der Waals surface area contributed by atoms with Crippen molar-refractivity contribution in [3.63, 3.8) is 0 Å². The Morgan fingerprint density at radius 2 is 1.54 bits per heavy atom. The number of halogens is 1. The lowest BCUT2D eigenvalue weighted by Gasteiger charge is -2.19. The summed E-state index contributed by atoms with van der Waals surface area (Å²) < 4.78 is 26.1. The minimum Gasteiger partial charge on any atom is -0.481 e. The third-order valence-corrected chi connectivity index (χ3v) is 8.94. The summed E-state index contributed by atoms with van der Waals surface area (Å²) in [6.07, 6.45) is 0. The van der Waals surface area contributed by atoms with E-state index in [1.54, 1.807) is 25.1 Å². The molecule has 214 valence electrons. The third-order valence-electron chi connectivity index (χ3n) is 6.84. The Morgan fingerprint density at radius 3 is 2.20 bits per heavy atom. The summed E-state index contributed by atoms with van der Waals surface area (Å²) in [5.41, 5.74) is 3.62. The molecule has 9 nitrogen and oxygen atoms in total. The van der Waals surface area contributed by atoms with Crippen LogP contribution in [0.4, 0.5) is 5.69 Å². The van der Waals surface area contributed by atoms with Gasteiger partial charge in [-0.15, -0.1) is 0 Å². The fraction of sp³-hybridized carbons (Fsp3) is 0.200. The normalized spacial score (nSPS) is 12.3. The van der Waals surface area contributed by atoms with Gasteiger partial charge in [0.1, 0.15) is 6.54 Å². The van der Waals surface area contributed by atoms with Crippen LogP contribution in [0.3, 0.4) is 0 Å². The predicted molar refractivity (Wildman–Crippen MR) is 163 cm³/mol. The van der Waals surface area contributed by atoms with Crippen LogP contribution in [0.1, 0.15) is 18.4 Å². The SMILES string of the molecule is CC(C(=O)O)c1ccc2c(c1)[nH]c1ccc(Cl)cc12.CN(C)c1cccc2c(S(=O)(=O)N(C)CC(=O)O)cccc12. The van der Waals surface area contributed by atoms with Crippen LogP contribution >= 0.6 is 11.6 Å². The van der Waals surface area contributed by atoms with E-state index < -0.39 is 34.4 Å². The van der Waals surface area contributed by atoms with Crippen molar-refractivity contribution in [1.82, 2.24) is 9.29 Å². The molecule has 0 spiro atoms. The molecule has 0 radical (unpaired) electrons. The largest absolute Gasteiger partial charge is 0.481 e. The first kappa shape index (κ1) is 29.9. The molecule has 5 rings (SSSR count). The van der Waals surface area contributed by atoms with Crippen LogP contribution in [0.15, 0.2) is 77.7 Å². The van der Waals surface area contributed by atoms with Crippen LogP contribution in [0, 0.1) is 0 Å². The van der Waals surface area contributed by atoms with Crippen LogP contribution in [-0.2, 0) is 19.6 Å². The first-order chi connectivity index (χ1) is 19.3. The summed E-state index contributed by atoms with van der Waals surface area (Å²) in [4.78, 5) is 27.1. The number of hydrogen-bond donors (Lipinski definition) is 3. The van der Waals surface area contributed by atoms with Gasteiger partial charge in [-0.3, -0.25) is 9.59 Å². The van der Waals surface area contributed by atoms with Gasteiger partial charge < -0.3 is 20.1 Å². The van der Waals surface area contributed by atoms with Gasteiger partial charge >= 0.3 is 11.9 Å². The number of likely N-dealkylation sites (N-methyl/N-ethyl adjacent to an activating group) is 1. The van der Waals surface area contributed by atoms with Gasteiger partial charge in [-0.25, -0.2) is 8.42 Å². The highest BCUT2D eigenvalue weighted by Crippen LogP contribution is 2.32. The Balaban J connectivity index is 0.000000191. The predicted octanol–water partition coefficient (Wildman–Crippen LogP) is 5.77. The molecule has 0 aliphatic carbocycles. The van der Waals surface area contributed by atoms with E-state index in [0.717, 1.165) is 42.7 Å². The maximum absolute atomic E-state index is 12.6. The molecule has 11 heteroatoms. The third kappa shape index (κ3) is 6.14. The fourth-order valence-corrected chi connectivity index (χ4v) is 6.12. The Labute approximate surface area is 242 Å². The van der Waals surface area contributed by atoms with Crippen LogP contribution in [0.2, 0.25) is 5.02 Å². The Hall–Kier alpha value is -4.12. The number of nitrogens with zero attached hydrogens (tertiary/aromatic N) is 2. The number of H-pyrrole nitrogens is 1. The molecule has 0 saturated carbocycles. The topological polar surface area (TPSA) is 131 Å². The Bertz CT molecular complexity index is 1880. The van der Waals surface area contributed by atoms with Crippen molar-refractivity contribution in [2.24, 2.45) is 0 Å². The molecule has 0 aliphatic heterocycles. The van der Waals surface area contributed by atoms with Crippen molar-refractivity contribution in [1.29, 1.82) is 0 Å². The monoisotopic (exact) mass is 595 g/mol. The van der Waals surface area contributed by atoms with E-state index in [9.17, 15) is 18.0 Å². The van der Waals surface area contributed by atoms with Crippen molar-refractivity contribution < 1.29 is 28.2 Å². The minimum absolute atomic E-state index is 0.109. The average Bonchev–Trinajstić information content (AvgIpc) is 3.28. The van der Waals surface area contributed by atoms with Gasteiger partial charge in [-0.05, 0) is 48.9 Å². The molecule has 1 unspecified atom stereocenters. The zero-order valence-corrected chi connectivity index (χ0v) is 24.5. The quantitative estimate of drug-likeness (QED) is 0.217. The van der Waals surface area contributed by atoms with E-state index >= 15 is 0 Å². The number of carbonyl (C=O) groups is 2. The molecule has 0 saturated heterocycles. The summed E-state index contributed by atoms with van der Waals surface area (Å²) in [5, 5.41) is 22.0. The van der Waals surface area contributed by atoms with Gasteiger partial charge in [0.05, 0.1) is 10.8 Å². The van der Waals surface area contributed by atoms with E-state index in [0.29, 0.717) is 10.4 Å². The average molecular weight is 596 g/mol. The van der Waals surface area contributed by atoms with Crippen molar-refractivity contribution in [2.45, 2.75) is 17.7 Å². The second-order valence-corrected chi connectivity index (χ2v) is 12.3. The molecule has 0 fully saturated rings. The minimum atomic E-state index is -3.87. The van der Waals surface area contributed by atoms with Crippen LogP contribution < -0.4 is 4.90 Å². The highest BCUT2D eigenvalue weighted by molar-refractivity contribution is 7.89. The van der Waals surface area contributed by atoms with E-state index in [4.69, 9.17) is 21.8 Å². The number of carboxylic acids is 2. The van der Waals surface area contributed by atoms with Gasteiger partial charge in [-0.1, -0.05) is 48.0 Å². The standard InChI is InChI=1S/C15H12ClNO2.C15H18N2O4S/c1-8(15(18)19)9-2-4-11-12-7-10(16)3-5-13(12)17-14(11)6-9;1-16(2)13-8-4-7-12-11(13)6-5-9-14(12)22(20,21)17(3)10-15(18)19/h2-8,17H,1H3,(H,18,19);4-9H,10H2,1-3H3,(H,18,19). The van der Waals surface area contributed by atoms with E-state index in [-0.39, 0.29) is 4.90 Å². The van der Waals surface area contributed by atoms with Gasteiger partial charge in [0, 0.05) is 64.4 Å². The molecule has 3 N–H and O–H groups in total. The first-order valence-corrected chi connectivity index (χ1v) is 14.4. The van der Waals surface area contributed by atoms with E-state index in [1.807, 2.05) is 67.5 Å². The molecule has 1 aromatic heterocycles. The number of aromatic nitrogens is 1. The van der Waals surface area contributed by atoms with Crippen molar-refractivity contribution in [3.8, 4) is 0 Å². The second kappa shape index (κ2) is 11.8. The van der Waals surface area contributed by atoms with Crippen molar-refractivity contribution in [3.05, 3.63) is 83.4 Å². The zero-order chi connectivity index (χ0) is 30.1. The van der Waals surface area contributed by atoms with Crippen molar-refractivity contribution in [2.75, 3.05) is 32.6 Å². The second-order valence-electron chi connectivity index (χ2n) is 9.86. The highest BCUT2D eigenvalue weighted by atomic mass is 35.5. The lowest BCUT2D eigenvalue weighted by atomic mass is 10.00. The summed E-state index contributed by atoms with van der Waals surface area (Å²) in [6, 6.07) is 21.8. The van der Waals surface area contributed by atoms with Gasteiger partial charge in [0.25, 0.3) is 0 Å². The number of aliphatic carboxylic acids is 2. The van der Waals surface area contributed by atoms with Gasteiger partial charge in [-0.2, -0.15) is 4.31 Å². The Kier molecular flexibility index (Phi) is 8.58. The molecule has 0 aliphatic rings. The van der Waals surface area contributed by atoms with Crippen LogP contribution in [0.5, 0.6) is 0 Å². The number of aromatic amines is 1. The van der Waals surface area contributed by atoms with Crippen LogP contribution in [0.25, 0.3) is 32.6 Å². The molecule has 41 heavy (non-hydrogen) atoms. The summed E-state index contributed by atoms with van der Waals surface area (Å²) in [6.45, 7) is 1.11. The number of anilines is 1. The fourth-order valence-electron chi connectivity index (χ4n) is 4.63. The maximum Gasteiger partial charge on any atom is 0.318 e. The number of hydrogen-bond acceptors (Lipinski definition) is 5.